The Labute approximate surface area is 140 Å². The van der Waals surface area contributed by atoms with Crippen LogP contribution in [0.25, 0.3) is 10.9 Å². The molecule has 1 fully saturated rings. The summed E-state index contributed by atoms with van der Waals surface area (Å²) in [6, 6.07) is 3.13. The van der Waals surface area contributed by atoms with Crippen molar-refractivity contribution in [3.63, 3.8) is 0 Å². The Bertz CT molecular complexity index is 659. The van der Waals surface area contributed by atoms with E-state index >= 15 is 0 Å². The molecule has 2 aromatic rings. The van der Waals surface area contributed by atoms with Crippen LogP contribution in [0.1, 0.15) is 44.0 Å². The van der Waals surface area contributed by atoms with E-state index < -0.39 is 0 Å². The fraction of sp³-hybridized carbons (Fsp3) is 0.588. The van der Waals surface area contributed by atoms with Gasteiger partial charge < -0.3 is 14.6 Å². The van der Waals surface area contributed by atoms with E-state index in [1.54, 1.807) is 0 Å². The molecule has 4 nitrogen and oxygen atoms in total. The van der Waals surface area contributed by atoms with Gasteiger partial charge in [0, 0.05) is 49.1 Å². The second-order valence-electron chi connectivity index (χ2n) is 6.32. The lowest BCUT2D eigenvalue weighted by Gasteiger charge is -2.23. The van der Waals surface area contributed by atoms with Crippen molar-refractivity contribution in [1.82, 2.24) is 14.9 Å². The summed E-state index contributed by atoms with van der Waals surface area (Å²) < 4.78 is 8.73. The van der Waals surface area contributed by atoms with E-state index in [2.05, 4.69) is 57.6 Å². The van der Waals surface area contributed by atoms with E-state index in [0.717, 1.165) is 37.2 Å². The Morgan fingerprint density at radius 1 is 1.41 bits per heavy atom. The summed E-state index contributed by atoms with van der Waals surface area (Å²) in [6.07, 6.45) is 4.20. The van der Waals surface area contributed by atoms with Gasteiger partial charge in [-0.1, -0.05) is 0 Å². The molecule has 0 amide bonds. The summed E-state index contributed by atoms with van der Waals surface area (Å²) in [5.41, 5.74) is 3.97. The molecule has 0 radical (unpaired) electrons. The second-order valence-corrected chi connectivity index (χ2v) is 7.13. The normalized spacial score (nSPS) is 16.8. The smallest absolute Gasteiger partial charge is 0.108 e. The number of rotatable bonds is 4. The first-order valence-corrected chi connectivity index (χ1v) is 8.83. The highest BCUT2D eigenvalue weighted by Gasteiger charge is 2.19. The van der Waals surface area contributed by atoms with E-state index in [0.29, 0.717) is 12.1 Å². The van der Waals surface area contributed by atoms with Crippen LogP contribution in [-0.2, 0) is 11.3 Å². The highest BCUT2D eigenvalue weighted by atomic mass is 79.9. The molecule has 1 saturated heterocycles. The minimum Gasteiger partial charge on any atom is -0.381 e. The van der Waals surface area contributed by atoms with Crippen molar-refractivity contribution in [2.75, 3.05) is 13.2 Å². The molecule has 1 aliphatic rings. The molecule has 5 heteroatoms. The summed E-state index contributed by atoms with van der Waals surface area (Å²) in [7, 11) is 0. The molecular weight excluding hydrogens is 342 g/mol. The van der Waals surface area contributed by atoms with Gasteiger partial charge in [0.25, 0.3) is 0 Å². The number of nitrogens with zero attached hydrogens (tertiary/aromatic N) is 2. The predicted octanol–water partition coefficient (Wildman–Crippen LogP) is 3.96. The molecule has 22 heavy (non-hydrogen) atoms. The summed E-state index contributed by atoms with van der Waals surface area (Å²) in [4.78, 5) is 4.43. The maximum Gasteiger partial charge on any atom is 0.108 e. The molecule has 0 bridgehead atoms. The summed E-state index contributed by atoms with van der Waals surface area (Å²) in [6.45, 7) is 9.33. The topological polar surface area (TPSA) is 39.1 Å². The van der Waals surface area contributed by atoms with Crippen LogP contribution in [0.4, 0.5) is 0 Å². The van der Waals surface area contributed by atoms with Crippen molar-refractivity contribution in [2.45, 2.75) is 52.2 Å². The van der Waals surface area contributed by atoms with Crippen LogP contribution in [0.2, 0.25) is 0 Å². The van der Waals surface area contributed by atoms with E-state index in [1.165, 1.54) is 22.2 Å². The maximum atomic E-state index is 5.44. The first kappa shape index (κ1) is 16.0. The molecule has 3 rings (SSSR count). The molecule has 0 atom stereocenters. The van der Waals surface area contributed by atoms with Crippen LogP contribution >= 0.6 is 15.9 Å². The van der Waals surface area contributed by atoms with Gasteiger partial charge in [0.1, 0.15) is 4.60 Å². The van der Waals surface area contributed by atoms with E-state index in [4.69, 9.17) is 4.74 Å². The summed E-state index contributed by atoms with van der Waals surface area (Å²) >= 11 is 3.50. The van der Waals surface area contributed by atoms with E-state index in [9.17, 15) is 0 Å². The molecule has 0 aromatic carbocycles. The van der Waals surface area contributed by atoms with Crippen molar-refractivity contribution in [1.29, 1.82) is 0 Å². The van der Waals surface area contributed by atoms with Crippen molar-refractivity contribution >= 4 is 26.8 Å². The van der Waals surface area contributed by atoms with Crippen LogP contribution in [0.15, 0.2) is 16.9 Å². The van der Waals surface area contributed by atoms with Crippen LogP contribution in [-0.4, -0.2) is 28.8 Å². The van der Waals surface area contributed by atoms with Crippen LogP contribution in [0.5, 0.6) is 0 Å². The molecule has 2 aromatic heterocycles. The Morgan fingerprint density at radius 3 is 2.82 bits per heavy atom. The quantitative estimate of drug-likeness (QED) is 0.833. The first-order chi connectivity index (χ1) is 10.6. The van der Waals surface area contributed by atoms with E-state index in [1.807, 2.05) is 6.20 Å². The Kier molecular flexibility index (Phi) is 4.85. The van der Waals surface area contributed by atoms with Gasteiger partial charge in [-0.25, -0.2) is 4.98 Å². The number of ether oxygens (including phenoxy) is 1. The SMILES string of the molecule is Cc1c(CNC2CCOCC2)c2cnc(Br)cc2n1C(C)C. The highest BCUT2D eigenvalue weighted by Crippen LogP contribution is 2.30. The molecule has 0 saturated carbocycles. The van der Waals surface area contributed by atoms with Gasteiger partial charge in [-0.2, -0.15) is 0 Å². The van der Waals surface area contributed by atoms with Gasteiger partial charge in [0.15, 0.2) is 0 Å². The summed E-state index contributed by atoms with van der Waals surface area (Å²) in [5.74, 6) is 0. The molecule has 3 heterocycles. The first-order valence-electron chi connectivity index (χ1n) is 8.04. The van der Waals surface area contributed by atoms with Crippen LogP contribution in [0.3, 0.4) is 0 Å². The van der Waals surface area contributed by atoms with Crippen molar-refractivity contribution in [2.24, 2.45) is 0 Å². The lowest BCUT2D eigenvalue weighted by molar-refractivity contribution is 0.0776. The third-order valence-electron chi connectivity index (χ3n) is 4.54. The Hall–Kier alpha value is -0.910. The predicted molar refractivity (Wildman–Crippen MR) is 93.2 cm³/mol. The standard InChI is InChI=1S/C17H24BrN3O/c1-11(2)21-12(3)14(9-19-13-4-6-22-7-5-13)15-10-20-17(18)8-16(15)21/h8,10-11,13,19H,4-7,9H2,1-3H3. The molecule has 1 N–H and O–H groups in total. The van der Waals surface area contributed by atoms with Crippen molar-refractivity contribution in [3.05, 3.63) is 28.1 Å². The van der Waals surface area contributed by atoms with Gasteiger partial charge in [0.05, 0.1) is 5.52 Å². The molecule has 0 spiro atoms. The number of aromatic nitrogens is 2. The van der Waals surface area contributed by atoms with Gasteiger partial charge in [-0.05, 0) is 61.2 Å². The third kappa shape index (κ3) is 3.07. The lowest BCUT2D eigenvalue weighted by atomic mass is 10.1. The monoisotopic (exact) mass is 365 g/mol. The number of hydrogen-bond donors (Lipinski definition) is 1. The number of fused-ring (bicyclic) bond motifs is 1. The van der Waals surface area contributed by atoms with Crippen LogP contribution < -0.4 is 5.32 Å². The average molecular weight is 366 g/mol. The third-order valence-corrected chi connectivity index (χ3v) is 4.97. The van der Waals surface area contributed by atoms with E-state index in [-0.39, 0.29) is 0 Å². The Balaban J connectivity index is 1.92. The second kappa shape index (κ2) is 6.69. The molecule has 1 aliphatic heterocycles. The molecule has 0 aliphatic carbocycles. The number of halogens is 1. The lowest BCUT2D eigenvalue weighted by Crippen LogP contribution is -2.34. The zero-order valence-corrected chi connectivity index (χ0v) is 15.1. The van der Waals surface area contributed by atoms with Gasteiger partial charge >= 0.3 is 0 Å². The van der Waals surface area contributed by atoms with Gasteiger partial charge in [0.2, 0.25) is 0 Å². The van der Waals surface area contributed by atoms with Gasteiger partial charge in [-0.3, -0.25) is 0 Å². The zero-order chi connectivity index (χ0) is 15.7. The minimum absolute atomic E-state index is 0.439. The molecule has 0 unspecified atom stereocenters. The van der Waals surface area contributed by atoms with Crippen LogP contribution in [0, 0.1) is 6.92 Å². The molecular formula is C17H24BrN3O. The zero-order valence-electron chi connectivity index (χ0n) is 13.5. The number of nitrogens with one attached hydrogen (secondary N) is 1. The molecule has 120 valence electrons. The van der Waals surface area contributed by atoms with Gasteiger partial charge in [-0.15, -0.1) is 0 Å². The fourth-order valence-corrected chi connectivity index (χ4v) is 3.73. The number of hydrogen-bond acceptors (Lipinski definition) is 3. The Morgan fingerprint density at radius 2 is 2.14 bits per heavy atom. The highest BCUT2D eigenvalue weighted by molar-refractivity contribution is 9.10. The maximum absolute atomic E-state index is 5.44. The largest absolute Gasteiger partial charge is 0.381 e. The summed E-state index contributed by atoms with van der Waals surface area (Å²) in [5, 5.41) is 4.96. The van der Waals surface area contributed by atoms with Crippen molar-refractivity contribution in [3.8, 4) is 0 Å². The fourth-order valence-electron chi connectivity index (χ4n) is 3.41. The van der Waals surface area contributed by atoms with Crippen molar-refractivity contribution < 1.29 is 4.74 Å². The average Bonchev–Trinajstić information content (AvgIpc) is 2.77. The number of pyridine rings is 1. The minimum atomic E-state index is 0.439.